The fraction of sp³-hybridized carbons (Fsp3) is 0.500. The van der Waals surface area contributed by atoms with Crippen molar-refractivity contribution in [2.24, 2.45) is 5.92 Å². The number of rotatable bonds is 6. The van der Waals surface area contributed by atoms with Crippen molar-refractivity contribution in [3.05, 3.63) is 24.3 Å². The molecule has 0 saturated heterocycles. The first-order chi connectivity index (χ1) is 9.69. The molecule has 2 N–H and O–H groups in total. The van der Waals surface area contributed by atoms with Crippen LogP contribution in [0.4, 0.5) is 13.2 Å². The second-order valence-corrected chi connectivity index (χ2v) is 6.49. The van der Waals surface area contributed by atoms with Gasteiger partial charge < -0.3 is 9.84 Å². The summed E-state index contributed by atoms with van der Waals surface area (Å²) in [4.78, 5) is -0.620. The summed E-state index contributed by atoms with van der Waals surface area (Å²) in [6, 6.07) is 4.44. The van der Waals surface area contributed by atoms with Crippen molar-refractivity contribution in [1.82, 2.24) is 4.72 Å². The van der Waals surface area contributed by atoms with Crippen LogP contribution >= 0.6 is 0 Å². The average molecular weight is 325 g/mol. The van der Waals surface area contributed by atoms with Crippen LogP contribution in [-0.2, 0) is 10.0 Å². The van der Waals surface area contributed by atoms with Crippen LogP contribution in [0.2, 0.25) is 0 Å². The number of sulfonamides is 1. The third-order valence-corrected chi connectivity index (χ3v) is 4.48. The van der Waals surface area contributed by atoms with Gasteiger partial charge >= 0.3 is 6.36 Å². The maximum absolute atomic E-state index is 12.3. The first-order valence-electron chi connectivity index (χ1n) is 6.21. The molecule has 0 unspecified atom stereocenters. The summed E-state index contributed by atoms with van der Waals surface area (Å²) in [7, 11) is -4.20. The number of ether oxygens (including phenoxy) is 1. The SMILES string of the molecule is O=S(=O)(NC[C@@H](O)C1CC1)c1ccccc1OC(F)(F)F. The maximum Gasteiger partial charge on any atom is 0.573 e. The van der Waals surface area contributed by atoms with Crippen LogP contribution in [0.5, 0.6) is 5.75 Å². The van der Waals surface area contributed by atoms with Crippen molar-refractivity contribution in [2.75, 3.05) is 6.54 Å². The molecule has 1 aliphatic carbocycles. The van der Waals surface area contributed by atoms with Gasteiger partial charge in [0, 0.05) is 6.54 Å². The van der Waals surface area contributed by atoms with Crippen molar-refractivity contribution >= 4 is 10.0 Å². The summed E-state index contributed by atoms with van der Waals surface area (Å²) >= 11 is 0. The van der Waals surface area contributed by atoms with Gasteiger partial charge in [-0.2, -0.15) is 0 Å². The highest BCUT2D eigenvalue weighted by molar-refractivity contribution is 7.89. The van der Waals surface area contributed by atoms with E-state index in [4.69, 9.17) is 0 Å². The van der Waals surface area contributed by atoms with Gasteiger partial charge in [0.2, 0.25) is 10.0 Å². The van der Waals surface area contributed by atoms with Crippen molar-refractivity contribution in [3.63, 3.8) is 0 Å². The van der Waals surface area contributed by atoms with Crippen molar-refractivity contribution in [1.29, 1.82) is 0 Å². The van der Waals surface area contributed by atoms with E-state index in [1.165, 1.54) is 12.1 Å². The molecule has 0 amide bonds. The van der Waals surface area contributed by atoms with Gasteiger partial charge in [-0.25, -0.2) is 13.1 Å². The predicted molar refractivity (Wildman–Crippen MR) is 67.0 cm³/mol. The molecular weight excluding hydrogens is 311 g/mol. The summed E-state index contributed by atoms with van der Waals surface area (Å²) in [6.45, 7) is -0.243. The minimum Gasteiger partial charge on any atom is -0.404 e. The fourth-order valence-corrected chi connectivity index (χ4v) is 2.98. The lowest BCUT2D eigenvalue weighted by atomic mass is 10.2. The summed E-state index contributed by atoms with van der Waals surface area (Å²) < 4.78 is 66.6. The third-order valence-electron chi connectivity index (χ3n) is 3.01. The Morgan fingerprint density at radius 3 is 2.52 bits per heavy atom. The molecule has 1 aromatic carbocycles. The second-order valence-electron chi connectivity index (χ2n) is 4.75. The topological polar surface area (TPSA) is 75.6 Å². The van der Waals surface area contributed by atoms with Gasteiger partial charge in [-0.15, -0.1) is 13.2 Å². The zero-order valence-electron chi connectivity index (χ0n) is 10.8. The number of aliphatic hydroxyl groups is 1. The molecule has 0 radical (unpaired) electrons. The Labute approximate surface area is 119 Å². The van der Waals surface area contributed by atoms with E-state index < -0.39 is 33.1 Å². The monoisotopic (exact) mass is 325 g/mol. The predicted octanol–water partition coefficient (Wildman–Crippen LogP) is 1.63. The van der Waals surface area contributed by atoms with Crippen LogP contribution in [-0.4, -0.2) is 32.5 Å². The minimum absolute atomic E-state index is 0.0503. The van der Waals surface area contributed by atoms with E-state index in [0.29, 0.717) is 0 Å². The summed E-state index contributed by atoms with van der Waals surface area (Å²) in [5, 5.41) is 9.62. The lowest BCUT2D eigenvalue weighted by molar-refractivity contribution is -0.275. The second kappa shape index (κ2) is 5.82. The van der Waals surface area contributed by atoms with Crippen LogP contribution in [0.1, 0.15) is 12.8 Å². The van der Waals surface area contributed by atoms with Gasteiger partial charge in [-0.1, -0.05) is 12.1 Å². The molecule has 21 heavy (non-hydrogen) atoms. The van der Waals surface area contributed by atoms with Crippen LogP contribution < -0.4 is 9.46 Å². The molecule has 0 aliphatic heterocycles. The van der Waals surface area contributed by atoms with Crippen molar-refractivity contribution in [2.45, 2.75) is 30.2 Å². The number of halogens is 3. The normalized spacial score (nSPS) is 17.5. The molecular formula is C12H14F3NO4S. The first-order valence-corrected chi connectivity index (χ1v) is 7.70. The first kappa shape index (κ1) is 16.1. The molecule has 1 aromatic rings. The van der Waals surface area contributed by atoms with E-state index in [0.717, 1.165) is 25.0 Å². The number of hydrogen-bond acceptors (Lipinski definition) is 4. The smallest absolute Gasteiger partial charge is 0.404 e. The highest BCUT2D eigenvalue weighted by atomic mass is 32.2. The van der Waals surface area contributed by atoms with E-state index in [-0.39, 0.29) is 12.5 Å². The molecule has 118 valence electrons. The van der Waals surface area contributed by atoms with Crippen LogP contribution in [0.25, 0.3) is 0 Å². The molecule has 1 aliphatic rings. The number of aliphatic hydroxyl groups excluding tert-OH is 1. The van der Waals surface area contributed by atoms with Gasteiger partial charge in [0.15, 0.2) is 0 Å². The Morgan fingerprint density at radius 1 is 1.33 bits per heavy atom. The zero-order chi connectivity index (χ0) is 15.7. The standard InChI is InChI=1S/C12H14F3NO4S/c13-12(14,15)20-10-3-1-2-4-11(10)21(18,19)16-7-9(17)8-5-6-8/h1-4,8-9,16-17H,5-7H2/t9-/m1/s1. The van der Waals surface area contributed by atoms with E-state index in [9.17, 15) is 26.7 Å². The fourth-order valence-electron chi connectivity index (χ4n) is 1.80. The van der Waals surface area contributed by atoms with E-state index in [1.807, 2.05) is 0 Å². The number of nitrogens with one attached hydrogen (secondary N) is 1. The molecule has 1 saturated carbocycles. The van der Waals surface area contributed by atoms with Gasteiger partial charge in [-0.05, 0) is 30.9 Å². The molecule has 0 spiro atoms. The quantitative estimate of drug-likeness (QED) is 0.834. The highest BCUT2D eigenvalue weighted by Gasteiger charge is 2.35. The molecule has 0 bridgehead atoms. The maximum atomic E-state index is 12.3. The molecule has 1 atom stereocenters. The highest BCUT2D eigenvalue weighted by Crippen LogP contribution is 2.33. The summed E-state index contributed by atoms with van der Waals surface area (Å²) in [6.07, 6.45) is -4.19. The van der Waals surface area contributed by atoms with Crippen LogP contribution in [0.15, 0.2) is 29.2 Å². The molecule has 0 heterocycles. The number of alkyl halides is 3. The van der Waals surface area contributed by atoms with E-state index >= 15 is 0 Å². The van der Waals surface area contributed by atoms with Crippen LogP contribution in [0.3, 0.4) is 0 Å². The van der Waals surface area contributed by atoms with Gasteiger partial charge in [0.05, 0.1) is 6.10 Å². The molecule has 9 heteroatoms. The van der Waals surface area contributed by atoms with E-state index in [2.05, 4.69) is 9.46 Å². The largest absolute Gasteiger partial charge is 0.573 e. The van der Waals surface area contributed by atoms with Crippen LogP contribution in [0, 0.1) is 5.92 Å². The summed E-state index contributed by atoms with van der Waals surface area (Å²) in [5.74, 6) is -0.757. The van der Waals surface area contributed by atoms with Gasteiger partial charge in [-0.3, -0.25) is 0 Å². The Morgan fingerprint density at radius 2 is 1.95 bits per heavy atom. The Kier molecular flexibility index (Phi) is 4.45. The number of benzene rings is 1. The molecule has 2 rings (SSSR count). The minimum atomic E-state index is -4.99. The number of hydrogen-bond donors (Lipinski definition) is 2. The number of para-hydroxylation sites is 1. The van der Waals surface area contributed by atoms with Crippen molar-refractivity contribution < 1.29 is 31.4 Å². The average Bonchev–Trinajstić information content (AvgIpc) is 3.19. The Balaban J connectivity index is 2.15. The van der Waals surface area contributed by atoms with Crippen molar-refractivity contribution in [3.8, 4) is 5.75 Å². The molecule has 1 fully saturated rings. The van der Waals surface area contributed by atoms with Gasteiger partial charge in [0.25, 0.3) is 0 Å². The summed E-state index contributed by atoms with van der Waals surface area (Å²) in [5.41, 5.74) is 0. The Bertz CT molecular complexity index is 599. The molecule has 0 aromatic heterocycles. The Hall–Kier alpha value is -1.32. The van der Waals surface area contributed by atoms with Gasteiger partial charge in [0.1, 0.15) is 10.6 Å². The lowest BCUT2D eigenvalue weighted by Crippen LogP contribution is -2.33. The molecule has 5 nitrogen and oxygen atoms in total. The lowest BCUT2D eigenvalue weighted by Gasteiger charge is -2.15. The van der Waals surface area contributed by atoms with E-state index in [1.54, 1.807) is 0 Å². The third kappa shape index (κ3) is 4.58. The zero-order valence-corrected chi connectivity index (χ0v) is 11.6.